The number of para-hydroxylation sites is 1. The summed E-state index contributed by atoms with van der Waals surface area (Å²) in [6.07, 6.45) is 5.56. The van der Waals surface area contributed by atoms with Crippen LogP contribution in [0.25, 0.3) is 11.1 Å². The summed E-state index contributed by atoms with van der Waals surface area (Å²) in [6, 6.07) is 36.4. The Morgan fingerprint density at radius 3 is 1.47 bits per heavy atom. The van der Waals surface area contributed by atoms with Gasteiger partial charge in [-0.2, -0.15) is 0 Å². The molecular formula is C36H42N2. The van der Waals surface area contributed by atoms with Crippen molar-refractivity contribution in [2.75, 3.05) is 16.8 Å². The van der Waals surface area contributed by atoms with E-state index in [2.05, 4.69) is 127 Å². The summed E-state index contributed by atoms with van der Waals surface area (Å²) in [4.78, 5) is 4.37. The minimum Gasteiger partial charge on any atom is -0.345 e. The summed E-state index contributed by atoms with van der Waals surface area (Å²) >= 11 is 0. The highest BCUT2D eigenvalue weighted by Crippen LogP contribution is 2.36. The molecule has 0 heterocycles. The molecule has 0 bridgehead atoms. The van der Waals surface area contributed by atoms with Crippen LogP contribution in [0.1, 0.15) is 33.3 Å². The Balaban J connectivity index is 0.00000121. The lowest BCUT2D eigenvalue weighted by molar-refractivity contribution is 1.14. The average Bonchev–Trinajstić information content (AvgIpc) is 2.99. The molecule has 2 nitrogen and oxygen atoms in total. The third-order valence-corrected chi connectivity index (χ3v) is 5.91. The molecule has 0 saturated carbocycles. The maximum absolute atomic E-state index is 3.92. The van der Waals surface area contributed by atoms with Gasteiger partial charge >= 0.3 is 0 Å². The third kappa shape index (κ3) is 7.60. The van der Waals surface area contributed by atoms with Gasteiger partial charge in [0.25, 0.3) is 0 Å². The SMILES string of the molecule is C=C/C=C(\C=C)N(C)c1ccc(N(c2ccccc2)c2ccc(-c3ccc(C)cc3)cc2)cc1.CC.CC. The van der Waals surface area contributed by atoms with Gasteiger partial charge in [0.2, 0.25) is 0 Å². The minimum absolute atomic E-state index is 0.995. The number of rotatable bonds is 8. The van der Waals surface area contributed by atoms with Gasteiger partial charge in [0, 0.05) is 35.5 Å². The van der Waals surface area contributed by atoms with Gasteiger partial charge in [-0.15, -0.1) is 0 Å². The van der Waals surface area contributed by atoms with Crippen LogP contribution in [-0.2, 0) is 0 Å². The smallest absolute Gasteiger partial charge is 0.0463 e. The molecule has 0 N–H and O–H groups in total. The predicted octanol–water partition coefficient (Wildman–Crippen LogP) is 10.9. The summed E-state index contributed by atoms with van der Waals surface area (Å²) < 4.78 is 0. The molecule has 196 valence electrons. The number of hydrogen-bond donors (Lipinski definition) is 0. The molecule has 0 aliphatic rings. The lowest BCUT2D eigenvalue weighted by Gasteiger charge is -2.27. The number of aryl methyl sites for hydroxylation is 1. The second-order valence-corrected chi connectivity index (χ2v) is 8.19. The van der Waals surface area contributed by atoms with Gasteiger partial charge in [-0.3, -0.25) is 0 Å². The molecule has 0 aliphatic heterocycles. The van der Waals surface area contributed by atoms with Crippen molar-refractivity contribution in [1.82, 2.24) is 0 Å². The molecule has 0 aliphatic carbocycles. The van der Waals surface area contributed by atoms with E-state index >= 15 is 0 Å². The van der Waals surface area contributed by atoms with Crippen LogP contribution in [0.3, 0.4) is 0 Å². The fourth-order valence-corrected chi connectivity index (χ4v) is 3.99. The molecule has 0 unspecified atom stereocenters. The number of likely N-dealkylation sites (N-methyl/N-ethyl adjacent to an activating group) is 1. The number of anilines is 4. The Morgan fingerprint density at radius 1 is 0.579 bits per heavy atom. The molecule has 0 saturated heterocycles. The molecule has 0 fully saturated rings. The van der Waals surface area contributed by atoms with Gasteiger partial charge in [-0.25, -0.2) is 0 Å². The normalized spacial score (nSPS) is 10.2. The van der Waals surface area contributed by atoms with Gasteiger partial charge in [0.05, 0.1) is 0 Å². The average molecular weight is 503 g/mol. The van der Waals surface area contributed by atoms with E-state index < -0.39 is 0 Å². The number of nitrogens with zero attached hydrogens (tertiary/aromatic N) is 2. The summed E-state index contributed by atoms with van der Waals surface area (Å²) in [7, 11) is 2.03. The van der Waals surface area contributed by atoms with Crippen molar-refractivity contribution < 1.29 is 0 Å². The first-order valence-electron chi connectivity index (χ1n) is 13.4. The second-order valence-electron chi connectivity index (χ2n) is 8.19. The van der Waals surface area contributed by atoms with Gasteiger partial charge in [-0.05, 0) is 78.7 Å². The van der Waals surface area contributed by atoms with Crippen molar-refractivity contribution in [3.8, 4) is 11.1 Å². The summed E-state index contributed by atoms with van der Waals surface area (Å²) in [5, 5.41) is 0. The molecule has 0 atom stereocenters. The van der Waals surface area contributed by atoms with E-state index in [1.54, 1.807) is 6.08 Å². The minimum atomic E-state index is 0.995. The third-order valence-electron chi connectivity index (χ3n) is 5.91. The van der Waals surface area contributed by atoms with Crippen LogP contribution in [0.15, 0.2) is 140 Å². The molecule has 2 heteroatoms. The Labute approximate surface area is 230 Å². The van der Waals surface area contributed by atoms with Crippen LogP contribution in [0.5, 0.6) is 0 Å². The highest BCUT2D eigenvalue weighted by atomic mass is 15.1. The topological polar surface area (TPSA) is 6.48 Å². The van der Waals surface area contributed by atoms with Gasteiger partial charge in [0.1, 0.15) is 0 Å². The quantitative estimate of drug-likeness (QED) is 0.221. The molecule has 4 aromatic carbocycles. The van der Waals surface area contributed by atoms with E-state index in [1.807, 2.05) is 53.0 Å². The van der Waals surface area contributed by atoms with E-state index in [0.717, 1.165) is 28.4 Å². The van der Waals surface area contributed by atoms with Crippen LogP contribution < -0.4 is 9.80 Å². The fourth-order valence-electron chi connectivity index (χ4n) is 3.99. The Kier molecular flexibility index (Phi) is 12.4. The van der Waals surface area contributed by atoms with Crippen LogP contribution in [0.4, 0.5) is 22.7 Å². The summed E-state index contributed by atoms with van der Waals surface area (Å²) in [5.74, 6) is 0. The lowest BCUT2D eigenvalue weighted by atomic mass is 10.0. The molecule has 0 spiro atoms. The summed E-state index contributed by atoms with van der Waals surface area (Å²) in [5.41, 5.74) is 9.10. The van der Waals surface area contributed by atoms with E-state index in [-0.39, 0.29) is 0 Å². The van der Waals surface area contributed by atoms with Crippen molar-refractivity contribution in [2.45, 2.75) is 34.6 Å². The van der Waals surface area contributed by atoms with Crippen LogP contribution in [0.2, 0.25) is 0 Å². The molecule has 38 heavy (non-hydrogen) atoms. The lowest BCUT2D eigenvalue weighted by Crippen LogP contribution is -2.15. The first-order chi connectivity index (χ1) is 18.6. The molecule has 0 aromatic heterocycles. The molecule has 4 aromatic rings. The van der Waals surface area contributed by atoms with Crippen molar-refractivity contribution in [3.63, 3.8) is 0 Å². The Morgan fingerprint density at radius 2 is 1.00 bits per heavy atom. The fraction of sp³-hybridized carbons (Fsp3) is 0.167. The van der Waals surface area contributed by atoms with Crippen LogP contribution in [-0.4, -0.2) is 7.05 Å². The van der Waals surface area contributed by atoms with Gasteiger partial charge in [0.15, 0.2) is 0 Å². The first kappa shape index (κ1) is 29.9. The maximum Gasteiger partial charge on any atom is 0.0463 e. The van der Waals surface area contributed by atoms with Crippen LogP contribution >= 0.6 is 0 Å². The second kappa shape index (κ2) is 15.7. The summed E-state index contributed by atoms with van der Waals surface area (Å²) in [6.45, 7) is 17.8. The highest BCUT2D eigenvalue weighted by Gasteiger charge is 2.13. The van der Waals surface area contributed by atoms with Crippen molar-refractivity contribution >= 4 is 22.7 Å². The Hall–Kier alpha value is -4.30. The monoisotopic (exact) mass is 502 g/mol. The van der Waals surface area contributed by atoms with Gasteiger partial charge < -0.3 is 9.80 Å². The van der Waals surface area contributed by atoms with Crippen LogP contribution in [0, 0.1) is 6.92 Å². The molecule has 0 amide bonds. The number of allylic oxidation sites excluding steroid dienone is 3. The molecular weight excluding hydrogens is 460 g/mol. The van der Waals surface area contributed by atoms with E-state index in [0.29, 0.717) is 0 Å². The van der Waals surface area contributed by atoms with Gasteiger partial charge in [-0.1, -0.05) is 107 Å². The molecule has 4 rings (SSSR count). The largest absolute Gasteiger partial charge is 0.345 e. The predicted molar refractivity (Wildman–Crippen MR) is 171 cm³/mol. The standard InChI is InChI=1S/C32H30N2.2C2H6/c1-5-10-28(6-2)33(4)29-21-23-32(24-22-29)34(30-11-8-7-9-12-30)31-19-17-27(18-20-31)26-15-13-25(3)14-16-26;2*1-2/h5-24H,1-2H2,3-4H3;2*1-2H3/b28-10+;;. The Bertz CT molecular complexity index is 1270. The zero-order valence-corrected chi connectivity index (χ0v) is 23.9. The highest BCUT2D eigenvalue weighted by molar-refractivity contribution is 5.79. The molecule has 0 radical (unpaired) electrons. The zero-order valence-electron chi connectivity index (χ0n) is 23.9. The van der Waals surface area contributed by atoms with E-state index in [9.17, 15) is 0 Å². The maximum atomic E-state index is 3.92. The van der Waals surface area contributed by atoms with Crippen molar-refractivity contribution in [3.05, 3.63) is 146 Å². The zero-order chi connectivity index (χ0) is 27.9. The number of hydrogen-bond acceptors (Lipinski definition) is 2. The van der Waals surface area contributed by atoms with E-state index in [4.69, 9.17) is 0 Å². The number of benzene rings is 4. The van der Waals surface area contributed by atoms with Crippen molar-refractivity contribution in [2.24, 2.45) is 0 Å². The van der Waals surface area contributed by atoms with Crippen molar-refractivity contribution in [1.29, 1.82) is 0 Å². The van der Waals surface area contributed by atoms with E-state index in [1.165, 1.54) is 16.7 Å². The first-order valence-corrected chi connectivity index (χ1v) is 13.4.